The molecule has 1 heterocycles. The predicted octanol–water partition coefficient (Wildman–Crippen LogP) is 2.94. The number of sulfone groups is 1. The molecule has 1 aromatic heterocycles. The summed E-state index contributed by atoms with van der Waals surface area (Å²) in [4.78, 5) is 15.3. The molecule has 0 fully saturated rings. The van der Waals surface area contributed by atoms with Gasteiger partial charge < -0.3 is 14.6 Å². The average molecular weight is 416 g/mol. The second-order valence-corrected chi connectivity index (χ2v) is 8.44. The number of aryl methyl sites for hydroxylation is 1. The van der Waals surface area contributed by atoms with Crippen LogP contribution in [0.15, 0.2) is 59.8 Å². The maximum Gasteiger partial charge on any atom is 0.293 e. The number of benzene rings is 2. The Kier molecular flexibility index (Phi) is 5.55. The van der Waals surface area contributed by atoms with Crippen LogP contribution < -0.4 is 10.1 Å². The molecule has 3 rings (SSSR count). The first kappa shape index (κ1) is 20.3. The fourth-order valence-electron chi connectivity index (χ4n) is 3.01. The molecule has 0 bridgehead atoms. The van der Waals surface area contributed by atoms with Gasteiger partial charge in [0, 0.05) is 37.3 Å². The molecular weight excluding hydrogens is 396 g/mol. The van der Waals surface area contributed by atoms with E-state index in [1.807, 2.05) is 25.2 Å². The Hall–Kier alpha value is -3.40. The number of nitrogens with zero attached hydrogens (tertiary/aromatic N) is 3. The Balaban J connectivity index is 2.15. The third-order valence-electron chi connectivity index (χ3n) is 4.46. The molecule has 10 heteroatoms. The van der Waals surface area contributed by atoms with Gasteiger partial charge >= 0.3 is 0 Å². The van der Waals surface area contributed by atoms with Gasteiger partial charge in [-0.3, -0.25) is 10.1 Å². The smallest absolute Gasteiger partial charge is 0.293 e. The van der Waals surface area contributed by atoms with Crippen molar-refractivity contribution < 1.29 is 18.1 Å². The maximum atomic E-state index is 11.8. The molecule has 0 radical (unpaired) electrons. The highest BCUT2D eigenvalue weighted by Crippen LogP contribution is 2.35. The minimum Gasteiger partial charge on any atom is -0.496 e. The number of nitro benzene ring substituents is 1. The molecule has 0 aliphatic rings. The van der Waals surface area contributed by atoms with Crippen molar-refractivity contribution in [2.75, 3.05) is 18.7 Å². The molecule has 152 valence electrons. The van der Waals surface area contributed by atoms with Crippen LogP contribution >= 0.6 is 0 Å². The zero-order chi connectivity index (χ0) is 21.2. The van der Waals surface area contributed by atoms with E-state index in [9.17, 15) is 18.5 Å². The Bertz CT molecular complexity index is 1160. The fourth-order valence-corrected chi connectivity index (χ4v) is 3.65. The van der Waals surface area contributed by atoms with Crippen LogP contribution in [0.4, 0.5) is 11.4 Å². The van der Waals surface area contributed by atoms with E-state index in [-0.39, 0.29) is 16.3 Å². The van der Waals surface area contributed by atoms with Gasteiger partial charge in [-0.25, -0.2) is 13.4 Å². The van der Waals surface area contributed by atoms with E-state index in [4.69, 9.17) is 4.74 Å². The first-order valence-electron chi connectivity index (χ1n) is 8.57. The molecule has 0 amide bonds. The Labute approximate surface area is 168 Å². The normalized spacial score (nSPS) is 12.4. The number of ether oxygens (including phenoxy) is 1. The van der Waals surface area contributed by atoms with Crippen molar-refractivity contribution in [3.05, 3.63) is 76.4 Å². The van der Waals surface area contributed by atoms with Crippen LogP contribution in [-0.4, -0.2) is 36.3 Å². The van der Waals surface area contributed by atoms with E-state index >= 15 is 0 Å². The number of anilines is 1. The lowest BCUT2D eigenvalue weighted by molar-refractivity contribution is -0.384. The summed E-state index contributed by atoms with van der Waals surface area (Å²) in [7, 11) is -0.233. The van der Waals surface area contributed by atoms with Crippen molar-refractivity contribution in [3.8, 4) is 5.75 Å². The van der Waals surface area contributed by atoms with E-state index in [1.54, 1.807) is 23.0 Å². The number of rotatable bonds is 7. The zero-order valence-electron chi connectivity index (χ0n) is 16.1. The standard InChI is InChI=1S/C19H20N4O5S/c1-22-11-10-20-19(22)18(14-6-4-5-7-17(14)28-2)21-15-9-8-13(29(3,26)27)12-16(15)23(24)25/h4-12,18,21H,1-3H3. The van der Waals surface area contributed by atoms with Gasteiger partial charge in [-0.05, 0) is 18.2 Å². The third kappa shape index (κ3) is 4.21. The lowest BCUT2D eigenvalue weighted by Crippen LogP contribution is -2.18. The highest BCUT2D eigenvalue weighted by atomic mass is 32.2. The molecule has 0 saturated heterocycles. The summed E-state index contributed by atoms with van der Waals surface area (Å²) in [5.74, 6) is 1.19. The zero-order valence-corrected chi connectivity index (χ0v) is 16.9. The van der Waals surface area contributed by atoms with Crippen molar-refractivity contribution in [3.63, 3.8) is 0 Å². The number of hydrogen-bond donors (Lipinski definition) is 1. The van der Waals surface area contributed by atoms with E-state index in [1.165, 1.54) is 19.2 Å². The first-order chi connectivity index (χ1) is 13.7. The molecule has 1 N–H and O–H groups in total. The Morgan fingerprint density at radius 1 is 1.24 bits per heavy atom. The van der Waals surface area contributed by atoms with Crippen molar-refractivity contribution >= 4 is 21.2 Å². The number of nitro groups is 1. The number of para-hydroxylation sites is 1. The Morgan fingerprint density at radius 2 is 1.97 bits per heavy atom. The molecule has 2 aromatic carbocycles. The lowest BCUT2D eigenvalue weighted by Gasteiger charge is -2.22. The van der Waals surface area contributed by atoms with Gasteiger partial charge in [0.05, 0.1) is 16.9 Å². The number of aromatic nitrogens is 2. The third-order valence-corrected chi connectivity index (χ3v) is 5.57. The van der Waals surface area contributed by atoms with Gasteiger partial charge in [-0.2, -0.15) is 0 Å². The fraction of sp³-hybridized carbons (Fsp3) is 0.211. The van der Waals surface area contributed by atoms with E-state index in [0.717, 1.165) is 17.9 Å². The topological polar surface area (TPSA) is 116 Å². The molecule has 0 aliphatic heterocycles. The van der Waals surface area contributed by atoms with E-state index in [2.05, 4.69) is 10.3 Å². The summed E-state index contributed by atoms with van der Waals surface area (Å²) in [6.45, 7) is 0. The van der Waals surface area contributed by atoms with Crippen molar-refractivity contribution in [1.82, 2.24) is 9.55 Å². The molecule has 0 aliphatic carbocycles. The van der Waals surface area contributed by atoms with Crippen molar-refractivity contribution in [1.29, 1.82) is 0 Å². The molecule has 0 saturated carbocycles. The highest BCUT2D eigenvalue weighted by molar-refractivity contribution is 7.90. The number of methoxy groups -OCH3 is 1. The van der Waals surface area contributed by atoms with Crippen LogP contribution in [0, 0.1) is 10.1 Å². The summed E-state index contributed by atoms with van der Waals surface area (Å²) >= 11 is 0. The largest absolute Gasteiger partial charge is 0.496 e. The quantitative estimate of drug-likeness (QED) is 0.465. The number of nitrogens with one attached hydrogen (secondary N) is 1. The molecule has 0 spiro atoms. The first-order valence-corrected chi connectivity index (χ1v) is 10.5. The van der Waals surface area contributed by atoms with Crippen LogP contribution in [0.25, 0.3) is 0 Å². The van der Waals surface area contributed by atoms with Crippen LogP contribution in [0.2, 0.25) is 0 Å². The van der Waals surface area contributed by atoms with E-state index < -0.39 is 20.8 Å². The van der Waals surface area contributed by atoms with Crippen molar-refractivity contribution in [2.24, 2.45) is 7.05 Å². The van der Waals surface area contributed by atoms with E-state index in [0.29, 0.717) is 11.6 Å². The minimum absolute atomic E-state index is 0.124. The summed E-state index contributed by atoms with van der Waals surface area (Å²) in [5.41, 5.74) is 0.550. The molecule has 3 aromatic rings. The SMILES string of the molecule is COc1ccccc1C(Nc1ccc(S(C)(=O)=O)cc1[N+](=O)[O-])c1nccn1C. The maximum absolute atomic E-state index is 11.8. The van der Waals surface area contributed by atoms with Gasteiger partial charge in [0.1, 0.15) is 23.3 Å². The van der Waals surface area contributed by atoms with Crippen LogP contribution in [0.3, 0.4) is 0 Å². The van der Waals surface area contributed by atoms with Gasteiger partial charge in [-0.15, -0.1) is 0 Å². The number of imidazole rings is 1. The molecule has 1 atom stereocenters. The summed E-state index contributed by atoms with van der Waals surface area (Å²) in [5, 5.41) is 14.8. The second kappa shape index (κ2) is 7.92. The van der Waals surface area contributed by atoms with Gasteiger partial charge in [0.25, 0.3) is 5.69 Å². The van der Waals surface area contributed by atoms with Crippen LogP contribution in [-0.2, 0) is 16.9 Å². The summed E-state index contributed by atoms with van der Waals surface area (Å²) < 4.78 is 30.9. The average Bonchev–Trinajstić information content (AvgIpc) is 3.10. The minimum atomic E-state index is -3.59. The molecular formula is C19H20N4O5S. The molecule has 9 nitrogen and oxygen atoms in total. The Morgan fingerprint density at radius 3 is 2.55 bits per heavy atom. The van der Waals surface area contributed by atoms with Gasteiger partial charge in [0.15, 0.2) is 9.84 Å². The summed E-state index contributed by atoms with van der Waals surface area (Å²) in [6, 6.07) is 10.5. The monoisotopic (exact) mass is 416 g/mol. The summed E-state index contributed by atoms with van der Waals surface area (Å²) in [6.07, 6.45) is 4.39. The predicted molar refractivity (Wildman–Crippen MR) is 108 cm³/mol. The molecule has 29 heavy (non-hydrogen) atoms. The van der Waals surface area contributed by atoms with Crippen LogP contribution in [0.5, 0.6) is 5.75 Å². The molecule has 1 unspecified atom stereocenters. The highest BCUT2D eigenvalue weighted by Gasteiger charge is 2.26. The van der Waals surface area contributed by atoms with Crippen LogP contribution in [0.1, 0.15) is 17.4 Å². The van der Waals surface area contributed by atoms with Gasteiger partial charge in [-0.1, -0.05) is 18.2 Å². The number of hydrogen-bond acceptors (Lipinski definition) is 7. The van der Waals surface area contributed by atoms with Gasteiger partial charge in [0.2, 0.25) is 0 Å². The lowest BCUT2D eigenvalue weighted by atomic mass is 10.0. The second-order valence-electron chi connectivity index (χ2n) is 6.42. The van der Waals surface area contributed by atoms with Crippen molar-refractivity contribution in [2.45, 2.75) is 10.9 Å².